The van der Waals surface area contributed by atoms with E-state index in [4.69, 9.17) is 4.74 Å². The van der Waals surface area contributed by atoms with E-state index in [2.05, 4.69) is 10.4 Å². The standard InChI is InChI=1S/C18H25N3O2/c1-13-17(14(2)21(3)20-13)8-9-18(22)19-11-10-15-6-5-7-16(12-15)23-4/h5-7,12H,8-11H2,1-4H3,(H,19,22). The van der Waals surface area contributed by atoms with Gasteiger partial charge in [0.25, 0.3) is 0 Å². The van der Waals surface area contributed by atoms with Gasteiger partial charge in [0.05, 0.1) is 12.8 Å². The Morgan fingerprint density at radius 1 is 1.30 bits per heavy atom. The smallest absolute Gasteiger partial charge is 0.220 e. The van der Waals surface area contributed by atoms with Crippen LogP contribution in [-0.2, 0) is 24.7 Å². The van der Waals surface area contributed by atoms with Crippen LogP contribution in [0.15, 0.2) is 24.3 Å². The SMILES string of the molecule is COc1cccc(CCNC(=O)CCc2c(C)nn(C)c2C)c1. The molecule has 0 unspecified atom stereocenters. The first-order valence-electron chi connectivity index (χ1n) is 7.90. The predicted octanol–water partition coefficient (Wildman–Crippen LogP) is 2.34. The minimum absolute atomic E-state index is 0.0792. The maximum absolute atomic E-state index is 12.0. The largest absolute Gasteiger partial charge is 0.497 e. The topological polar surface area (TPSA) is 56.1 Å². The molecule has 0 aliphatic heterocycles. The van der Waals surface area contributed by atoms with E-state index in [1.165, 1.54) is 5.56 Å². The van der Waals surface area contributed by atoms with E-state index in [0.717, 1.165) is 35.5 Å². The molecule has 0 atom stereocenters. The zero-order valence-corrected chi connectivity index (χ0v) is 14.3. The lowest BCUT2D eigenvalue weighted by Gasteiger charge is -2.07. The van der Waals surface area contributed by atoms with Crippen LogP contribution in [0.4, 0.5) is 0 Å². The number of rotatable bonds is 7. The molecule has 0 aliphatic rings. The number of benzene rings is 1. The second kappa shape index (κ2) is 7.81. The number of carbonyl (C=O) groups is 1. The molecule has 0 fully saturated rings. The fraction of sp³-hybridized carbons (Fsp3) is 0.444. The summed E-state index contributed by atoms with van der Waals surface area (Å²) in [5.74, 6) is 0.923. The number of hydrogen-bond donors (Lipinski definition) is 1. The molecule has 5 heteroatoms. The van der Waals surface area contributed by atoms with Crippen LogP contribution in [-0.4, -0.2) is 29.3 Å². The molecule has 0 spiro atoms. The molecule has 5 nitrogen and oxygen atoms in total. The first-order chi connectivity index (χ1) is 11.0. The van der Waals surface area contributed by atoms with Crippen LogP contribution in [0.3, 0.4) is 0 Å². The Bertz CT molecular complexity index is 677. The Morgan fingerprint density at radius 2 is 2.09 bits per heavy atom. The van der Waals surface area contributed by atoms with Crippen LogP contribution < -0.4 is 10.1 Å². The van der Waals surface area contributed by atoms with Crippen molar-refractivity contribution >= 4 is 5.91 Å². The highest BCUT2D eigenvalue weighted by Crippen LogP contribution is 2.14. The average Bonchev–Trinajstić information content (AvgIpc) is 2.78. The minimum Gasteiger partial charge on any atom is -0.497 e. The van der Waals surface area contributed by atoms with Gasteiger partial charge in [0.1, 0.15) is 5.75 Å². The lowest BCUT2D eigenvalue weighted by atomic mass is 10.1. The quantitative estimate of drug-likeness (QED) is 0.853. The molecular formula is C18H25N3O2. The van der Waals surface area contributed by atoms with E-state index in [1.54, 1.807) is 7.11 Å². The van der Waals surface area contributed by atoms with Crippen LogP contribution in [0.1, 0.15) is 28.9 Å². The van der Waals surface area contributed by atoms with Crippen molar-refractivity contribution in [3.05, 3.63) is 46.8 Å². The van der Waals surface area contributed by atoms with Gasteiger partial charge in [-0.3, -0.25) is 9.48 Å². The number of ether oxygens (including phenoxy) is 1. The Hall–Kier alpha value is -2.30. The molecular weight excluding hydrogens is 290 g/mol. The van der Waals surface area contributed by atoms with Crippen molar-refractivity contribution in [2.75, 3.05) is 13.7 Å². The van der Waals surface area contributed by atoms with Gasteiger partial charge in [0, 0.05) is 25.7 Å². The van der Waals surface area contributed by atoms with Gasteiger partial charge < -0.3 is 10.1 Å². The number of nitrogens with zero attached hydrogens (tertiary/aromatic N) is 2. The van der Waals surface area contributed by atoms with Gasteiger partial charge in [-0.15, -0.1) is 0 Å². The van der Waals surface area contributed by atoms with Gasteiger partial charge in [-0.1, -0.05) is 12.1 Å². The van der Waals surface area contributed by atoms with Gasteiger partial charge in [0.15, 0.2) is 0 Å². The molecule has 2 rings (SSSR count). The number of amides is 1. The third kappa shape index (κ3) is 4.58. The third-order valence-corrected chi connectivity index (χ3v) is 4.13. The lowest BCUT2D eigenvalue weighted by Crippen LogP contribution is -2.26. The Kier molecular flexibility index (Phi) is 5.79. The molecule has 124 valence electrons. The first-order valence-corrected chi connectivity index (χ1v) is 7.90. The van der Waals surface area contributed by atoms with Crippen molar-refractivity contribution in [2.45, 2.75) is 33.1 Å². The zero-order valence-electron chi connectivity index (χ0n) is 14.3. The number of hydrogen-bond acceptors (Lipinski definition) is 3. The summed E-state index contributed by atoms with van der Waals surface area (Å²) in [4.78, 5) is 12.0. The van der Waals surface area contributed by atoms with Crippen molar-refractivity contribution in [1.29, 1.82) is 0 Å². The number of methoxy groups -OCH3 is 1. The van der Waals surface area contributed by atoms with Gasteiger partial charge in [-0.05, 0) is 49.9 Å². The van der Waals surface area contributed by atoms with Crippen molar-refractivity contribution in [2.24, 2.45) is 7.05 Å². The molecule has 1 amide bonds. The van der Waals surface area contributed by atoms with Gasteiger partial charge >= 0.3 is 0 Å². The second-order valence-corrected chi connectivity index (χ2v) is 5.72. The zero-order chi connectivity index (χ0) is 16.8. The molecule has 1 aromatic heterocycles. The monoisotopic (exact) mass is 315 g/mol. The van der Waals surface area contributed by atoms with E-state index in [0.29, 0.717) is 13.0 Å². The van der Waals surface area contributed by atoms with Gasteiger partial charge in [-0.2, -0.15) is 5.10 Å². The summed E-state index contributed by atoms with van der Waals surface area (Å²) in [5.41, 5.74) is 4.47. The fourth-order valence-corrected chi connectivity index (χ4v) is 2.68. The van der Waals surface area contributed by atoms with E-state index in [1.807, 2.05) is 49.8 Å². The maximum Gasteiger partial charge on any atom is 0.220 e. The van der Waals surface area contributed by atoms with Gasteiger partial charge in [-0.25, -0.2) is 0 Å². The van der Waals surface area contributed by atoms with Crippen LogP contribution in [0.2, 0.25) is 0 Å². The molecule has 1 heterocycles. The highest BCUT2D eigenvalue weighted by atomic mass is 16.5. The summed E-state index contributed by atoms with van der Waals surface area (Å²) < 4.78 is 7.07. The highest BCUT2D eigenvalue weighted by Gasteiger charge is 2.11. The minimum atomic E-state index is 0.0792. The summed E-state index contributed by atoms with van der Waals surface area (Å²) in [6.07, 6.45) is 2.02. The molecule has 0 radical (unpaired) electrons. The van der Waals surface area contributed by atoms with Crippen molar-refractivity contribution < 1.29 is 9.53 Å². The molecule has 23 heavy (non-hydrogen) atoms. The maximum atomic E-state index is 12.0. The average molecular weight is 315 g/mol. The van der Waals surface area contributed by atoms with Crippen LogP contribution in [0, 0.1) is 13.8 Å². The summed E-state index contributed by atoms with van der Waals surface area (Å²) in [6.45, 7) is 4.66. The number of carbonyl (C=O) groups excluding carboxylic acids is 1. The van der Waals surface area contributed by atoms with Crippen LogP contribution in [0.25, 0.3) is 0 Å². The first kappa shape index (κ1) is 17.1. The Balaban J connectivity index is 1.77. The number of nitrogens with one attached hydrogen (secondary N) is 1. The molecule has 1 N–H and O–H groups in total. The highest BCUT2D eigenvalue weighted by molar-refractivity contribution is 5.76. The normalized spacial score (nSPS) is 10.6. The van der Waals surface area contributed by atoms with Gasteiger partial charge in [0.2, 0.25) is 5.91 Å². The molecule has 1 aromatic carbocycles. The molecule has 0 saturated heterocycles. The number of aryl methyl sites for hydroxylation is 2. The Labute approximate surface area is 137 Å². The van der Waals surface area contributed by atoms with E-state index >= 15 is 0 Å². The second-order valence-electron chi connectivity index (χ2n) is 5.72. The van der Waals surface area contributed by atoms with Crippen LogP contribution >= 0.6 is 0 Å². The summed E-state index contributed by atoms with van der Waals surface area (Å²) >= 11 is 0. The number of aromatic nitrogens is 2. The van der Waals surface area contributed by atoms with Crippen molar-refractivity contribution in [3.8, 4) is 5.75 Å². The summed E-state index contributed by atoms with van der Waals surface area (Å²) in [6, 6.07) is 7.91. The van der Waals surface area contributed by atoms with Crippen molar-refractivity contribution in [3.63, 3.8) is 0 Å². The molecule has 0 bridgehead atoms. The molecule has 0 aliphatic carbocycles. The summed E-state index contributed by atoms with van der Waals surface area (Å²) in [5, 5.41) is 7.36. The Morgan fingerprint density at radius 3 is 2.74 bits per heavy atom. The third-order valence-electron chi connectivity index (χ3n) is 4.13. The van der Waals surface area contributed by atoms with Crippen molar-refractivity contribution in [1.82, 2.24) is 15.1 Å². The molecule has 0 saturated carbocycles. The predicted molar refractivity (Wildman–Crippen MR) is 90.7 cm³/mol. The summed E-state index contributed by atoms with van der Waals surface area (Å²) in [7, 11) is 3.59. The fourth-order valence-electron chi connectivity index (χ4n) is 2.68. The lowest BCUT2D eigenvalue weighted by molar-refractivity contribution is -0.121. The van der Waals surface area contributed by atoms with E-state index < -0.39 is 0 Å². The van der Waals surface area contributed by atoms with E-state index in [-0.39, 0.29) is 5.91 Å². The van der Waals surface area contributed by atoms with Crippen LogP contribution in [0.5, 0.6) is 5.75 Å². The molecule has 2 aromatic rings. The van der Waals surface area contributed by atoms with E-state index in [9.17, 15) is 4.79 Å².